The molecule has 2 aromatic heterocycles. The molecule has 3 heterocycles. The van der Waals surface area contributed by atoms with Crippen LogP contribution in [0, 0.1) is 0 Å². The normalized spacial score (nSPS) is 14.7. The Morgan fingerprint density at radius 3 is 2.89 bits per heavy atom. The first-order chi connectivity index (χ1) is 13.5. The van der Waals surface area contributed by atoms with E-state index < -0.39 is 5.54 Å². The number of nitrogens with one attached hydrogen (secondary N) is 3. The van der Waals surface area contributed by atoms with Crippen molar-refractivity contribution in [1.82, 2.24) is 24.6 Å². The van der Waals surface area contributed by atoms with Gasteiger partial charge in [-0.1, -0.05) is 12.1 Å². The summed E-state index contributed by atoms with van der Waals surface area (Å²) in [7, 11) is 0. The van der Waals surface area contributed by atoms with Gasteiger partial charge in [-0.3, -0.25) is 15.0 Å². The van der Waals surface area contributed by atoms with Crippen LogP contribution in [0.1, 0.15) is 25.1 Å². The number of fused-ring (bicyclic) bond motifs is 1. The van der Waals surface area contributed by atoms with Crippen molar-refractivity contribution in [3.63, 3.8) is 0 Å². The van der Waals surface area contributed by atoms with Crippen LogP contribution in [0.25, 0.3) is 0 Å². The lowest BCUT2D eigenvalue weighted by Gasteiger charge is -2.32. The second-order valence-electron chi connectivity index (χ2n) is 7.15. The minimum absolute atomic E-state index is 0.193. The molecule has 9 heteroatoms. The summed E-state index contributed by atoms with van der Waals surface area (Å²) in [6.07, 6.45) is 5.30. The maximum atomic E-state index is 12.9. The van der Waals surface area contributed by atoms with Crippen LogP contribution in [0.3, 0.4) is 0 Å². The number of benzene rings is 1. The fraction of sp³-hybridized carbons (Fsp3) is 0.316. The predicted octanol–water partition coefficient (Wildman–Crippen LogP) is 2.26. The van der Waals surface area contributed by atoms with E-state index in [1.165, 1.54) is 0 Å². The number of amides is 2. The van der Waals surface area contributed by atoms with Crippen molar-refractivity contribution in [2.24, 2.45) is 0 Å². The van der Waals surface area contributed by atoms with Crippen molar-refractivity contribution in [1.29, 1.82) is 0 Å². The Kier molecular flexibility index (Phi) is 4.42. The van der Waals surface area contributed by atoms with E-state index in [0.717, 1.165) is 5.69 Å². The Hall–Kier alpha value is -3.49. The molecule has 0 fully saturated rings. The number of hydrogen-bond donors (Lipinski definition) is 3. The number of carbonyl (C=O) groups is 1. The topological polar surface area (TPSA) is 108 Å². The third kappa shape index (κ3) is 3.15. The van der Waals surface area contributed by atoms with Crippen molar-refractivity contribution in [3.8, 4) is 5.75 Å². The Morgan fingerprint density at radius 2 is 2.14 bits per heavy atom. The Bertz CT molecular complexity index is 1030. The summed E-state index contributed by atoms with van der Waals surface area (Å²) < 4.78 is 7.76. The number of carbonyl (C=O) groups excluding carboxylic acids is 1. The number of urea groups is 1. The summed E-state index contributed by atoms with van der Waals surface area (Å²) in [5.41, 5.74) is 1.08. The number of rotatable bonds is 5. The van der Waals surface area contributed by atoms with E-state index in [9.17, 15) is 9.59 Å². The van der Waals surface area contributed by atoms with Crippen LogP contribution >= 0.6 is 0 Å². The quantitative estimate of drug-likeness (QED) is 0.629. The van der Waals surface area contributed by atoms with Crippen LogP contribution in [0.5, 0.6) is 5.75 Å². The average molecular weight is 382 g/mol. The molecule has 28 heavy (non-hydrogen) atoms. The number of aromatic nitrogens is 4. The van der Waals surface area contributed by atoms with Gasteiger partial charge in [-0.15, -0.1) is 0 Å². The molecular weight excluding hydrogens is 360 g/mol. The molecule has 1 aromatic carbocycles. The van der Waals surface area contributed by atoms with Gasteiger partial charge in [0.1, 0.15) is 12.4 Å². The zero-order valence-corrected chi connectivity index (χ0v) is 15.7. The smallest absolute Gasteiger partial charge is 0.323 e. The Morgan fingerprint density at radius 1 is 1.32 bits per heavy atom. The second-order valence-corrected chi connectivity index (χ2v) is 7.15. The second kappa shape index (κ2) is 6.91. The van der Waals surface area contributed by atoms with E-state index in [4.69, 9.17) is 4.74 Å². The largest absolute Gasteiger partial charge is 0.490 e. The van der Waals surface area contributed by atoms with Gasteiger partial charge in [0.05, 0.1) is 41.9 Å². The van der Waals surface area contributed by atoms with Crippen LogP contribution in [0.4, 0.5) is 10.5 Å². The number of imidazole rings is 1. The summed E-state index contributed by atoms with van der Waals surface area (Å²) in [6.45, 7) is 5.14. The molecule has 0 radical (unpaired) electrons. The van der Waals surface area contributed by atoms with E-state index in [0.29, 0.717) is 30.2 Å². The summed E-state index contributed by atoms with van der Waals surface area (Å²) >= 11 is 0. The van der Waals surface area contributed by atoms with Gasteiger partial charge < -0.3 is 19.5 Å². The zero-order chi connectivity index (χ0) is 19.7. The van der Waals surface area contributed by atoms with E-state index >= 15 is 0 Å². The van der Waals surface area contributed by atoms with Gasteiger partial charge in [0, 0.05) is 12.4 Å². The molecule has 0 spiro atoms. The molecule has 0 saturated heterocycles. The number of nitrogens with zero attached hydrogens (tertiary/aromatic N) is 3. The first-order valence-corrected chi connectivity index (χ1v) is 9.03. The summed E-state index contributed by atoms with van der Waals surface area (Å²) in [5, 5.41) is 8.38. The standard InChI is InChI=1S/C19H22N6O3/c1-19(2)16-13(17(26)23-22-16)11-25(19)18(27)21-14-5-3-4-6-15(14)28-10-9-24-8-7-20-12-24/h3-8,12H,9-11H2,1-2H3,(H,21,27)(H2,22,23,26). The van der Waals surface area contributed by atoms with Crippen molar-refractivity contribution in [2.45, 2.75) is 32.5 Å². The maximum Gasteiger partial charge on any atom is 0.323 e. The molecule has 9 nitrogen and oxygen atoms in total. The van der Waals surface area contributed by atoms with Crippen LogP contribution in [-0.2, 0) is 18.6 Å². The monoisotopic (exact) mass is 382 g/mol. The van der Waals surface area contributed by atoms with Gasteiger partial charge >= 0.3 is 6.03 Å². The highest BCUT2D eigenvalue weighted by Gasteiger charge is 2.43. The first kappa shape index (κ1) is 17.9. The number of hydrogen-bond acceptors (Lipinski definition) is 4. The minimum Gasteiger partial charge on any atom is -0.490 e. The van der Waals surface area contributed by atoms with Crippen molar-refractivity contribution in [2.75, 3.05) is 11.9 Å². The molecule has 3 aromatic rings. The molecule has 0 unspecified atom stereocenters. The fourth-order valence-corrected chi connectivity index (χ4v) is 3.43. The van der Waals surface area contributed by atoms with Gasteiger partial charge in [0.15, 0.2) is 0 Å². The molecule has 0 aliphatic carbocycles. The third-order valence-corrected chi connectivity index (χ3v) is 5.02. The van der Waals surface area contributed by atoms with Gasteiger partial charge in [-0.25, -0.2) is 9.78 Å². The highest BCUT2D eigenvalue weighted by molar-refractivity contribution is 5.92. The molecule has 0 atom stereocenters. The van der Waals surface area contributed by atoms with Crippen LogP contribution in [0.15, 0.2) is 47.8 Å². The number of aromatic amines is 2. The first-order valence-electron chi connectivity index (χ1n) is 9.03. The Labute approximate surface area is 161 Å². The van der Waals surface area contributed by atoms with Crippen LogP contribution in [-0.4, -0.2) is 37.3 Å². The van der Waals surface area contributed by atoms with Gasteiger partial charge in [0.2, 0.25) is 0 Å². The SMILES string of the molecule is CC1(C)c2[nH][nH]c(=O)c2CN1C(=O)Nc1ccccc1OCCn1ccnc1. The molecule has 0 saturated carbocycles. The predicted molar refractivity (Wildman–Crippen MR) is 103 cm³/mol. The summed E-state index contributed by atoms with van der Waals surface area (Å²) in [5.74, 6) is 0.587. The van der Waals surface area contributed by atoms with Gasteiger partial charge in [0.25, 0.3) is 5.56 Å². The highest BCUT2D eigenvalue weighted by Crippen LogP contribution is 2.36. The van der Waals surface area contributed by atoms with Gasteiger partial charge in [-0.05, 0) is 26.0 Å². The number of ether oxygens (including phenoxy) is 1. The summed E-state index contributed by atoms with van der Waals surface area (Å²) in [6, 6.07) is 7.00. The average Bonchev–Trinajstić information content (AvgIpc) is 3.36. The maximum absolute atomic E-state index is 12.9. The number of anilines is 1. The number of para-hydroxylation sites is 2. The van der Waals surface area contributed by atoms with Gasteiger partial charge in [-0.2, -0.15) is 0 Å². The van der Waals surface area contributed by atoms with Crippen molar-refractivity contribution >= 4 is 11.7 Å². The number of H-pyrrole nitrogens is 2. The van der Waals surface area contributed by atoms with E-state index in [1.807, 2.05) is 42.8 Å². The molecule has 3 N–H and O–H groups in total. The fourth-order valence-electron chi connectivity index (χ4n) is 3.43. The molecular formula is C19H22N6O3. The zero-order valence-electron chi connectivity index (χ0n) is 15.7. The lowest BCUT2D eigenvalue weighted by Crippen LogP contribution is -2.43. The summed E-state index contributed by atoms with van der Waals surface area (Å²) in [4.78, 5) is 30.5. The van der Waals surface area contributed by atoms with E-state index in [-0.39, 0.29) is 18.1 Å². The third-order valence-electron chi connectivity index (χ3n) is 5.02. The molecule has 1 aliphatic heterocycles. The molecule has 2 amide bonds. The van der Waals surface area contributed by atoms with Crippen LogP contribution in [0.2, 0.25) is 0 Å². The molecule has 146 valence electrons. The van der Waals surface area contributed by atoms with Crippen molar-refractivity contribution < 1.29 is 9.53 Å². The lowest BCUT2D eigenvalue weighted by molar-refractivity contribution is 0.154. The lowest BCUT2D eigenvalue weighted by atomic mass is 10.0. The molecule has 0 bridgehead atoms. The molecule has 4 rings (SSSR count). The Balaban J connectivity index is 1.46. The highest BCUT2D eigenvalue weighted by atomic mass is 16.5. The minimum atomic E-state index is -0.629. The molecule has 1 aliphatic rings. The van der Waals surface area contributed by atoms with Crippen LogP contribution < -0.4 is 15.6 Å². The van der Waals surface area contributed by atoms with Crippen molar-refractivity contribution in [3.05, 3.63) is 64.6 Å². The van der Waals surface area contributed by atoms with E-state index in [2.05, 4.69) is 20.5 Å². The van der Waals surface area contributed by atoms with E-state index in [1.54, 1.807) is 23.5 Å².